The molecule has 3 rings (SSSR count). The van der Waals surface area contributed by atoms with Crippen LogP contribution in [0.5, 0.6) is 5.75 Å². The fourth-order valence-corrected chi connectivity index (χ4v) is 2.77. The Morgan fingerprint density at radius 3 is 2.68 bits per heavy atom. The first kappa shape index (κ1) is 14.4. The van der Waals surface area contributed by atoms with Gasteiger partial charge in [-0.3, -0.25) is 0 Å². The zero-order valence-electron chi connectivity index (χ0n) is 13.5. The molecule has 0 amide bonds. The molecule has 22 heavy (non-hydrogen) atoms. The summed E-state index contributed by atoms with van der Waals surface area (Å²) in [6, 6.07) is 10.3. The van der Waals surface area contributed by atoms with E-state index in [4.69, 9.17) is 9.72 Å². The predicted octanol–water partition coefficient (Wildman–Crippen LogP) is 4.06. The molecule has 0 saturated heterocycles. The topological polar surface area (TPSA) is 38.6 Å². The lowest BCUT2D eigenvalue weighted by Crippen LogP contribution is -1.98. The van der Waals surface area contributed by atoms with Crippen molar-refractivity contribution in [1.82, 2.24) is 9.38 Å². The second-order valence-corrected chi connectivity index (χ2v) is 5.41. The summed E-state index contributed by atoms with van der Waals surface area (Å²) in [5.41, 5.74) is 6.45. The number of anilines is 1. The van der Waals surface area contributed by atoms with E-state index in [0.717, 1.165) is 46.1 Å². The Kier molecular flexibility index (Phi) is 3.75. The molecule has 114 valence electrons. The van der Waals surface area contributed by atoms with Crippen molar-refractivity contribution >= 4 is 11.3 Å². The van der Waals surface area contributed by atoms with Crippen molar-refractivity contribution in [3.05, 3.63) is 47.8 Å². The van der Waals surface area contributed by atoms with Crippen LogP contribution in [0.15, 0.2) is 36.5 Å². The van der Waals surface area contributed by atoms with E-state index >= 15 is 0 Å². The summed E-state index contributed by atoms with van der Waals surface area (Å²) >= 11 is 0. The number of aromatic nitrogens is 2. The lowest BCUT2D eigenvalue weighted by Gasteiger charge is -2.07. The van der Waals surface area contributed by atoms with Crippen LogP contribution < -0.4 is 10.1 Å². The molecule has 0 aliphatic carbocycles. The number of rotatable bonds is 4. The molecule has 3 aromatic rings. The van der Waals surface area contributed by atoms with Gasteiger partial charge in [-0.1, -0.05) is 0 Å². The van der Waals surface area contributed by atoms with Gasteiger partial charge in [-0.2, -0.15) is 0 Å². The van der Waals surface area contributed by atoms with Crippen LogP contribution in [0.2, 0.25) is 0 Å². The normalized spacial score (nSPS) is 10.9. The number of methoxy groups -OCH3 is 1. The third kappa shape index (κ3) is 2.41. The van der Waals surface area contributed by atoms with Crippen molar-refractivity contribution in [2.45, 2.75) is 20.8 Å². The molecule has 0 spiro atoms. The number of nitrogens with zero attached hydrogens (tertiary/aromatic N) is 2. The Balaban J connectivity index is 2.11. The van der Waals surface area contributed by atoms with E-state index in [1.165, 1.54) is 0 Å². The summed E-state index contributed by atoms with van der Waals surface area (Å²) in [5.74, 6) is 0.902. The number of benzene rings is 1. The molecular formula is C18H21N3O. The number of hydrogen-bond acceptors (Lipinski definition) is 3. The lowest BCUT2D eigenvalue weighted by atomic mass is 10.1. The molecule has 4 heteroatoms. The van der Waals surface area contributed by atoms with Gasteiger partial charge in [0.1, 0.15) is 11.4 Å². The maximum Gasteiger partial charge on any atom is 0.137 e. The van der Waals surface area contributed by atoms with Gasteiger partial charge in [0.05, 0.1) is 18.5 Å². The zero-order chi connectivity index (χ0) is 15.7. The van der Waals surface area contributed by atoms with Crippen LogP contribution in [-0.2, 0) is 0 Å². The van der Waals surface area contributed by atoms with Crippen molar-refractivity contribution in [3.8, 4) is 17.0 Å². The third-order valence-corrected chi connectivity index (χ3v) is 3.91. The molecule has 4 nitrogen and oxygen atoms in total. The van der Waals surface area contributed by atoms with Gasteiger partial charge in [0.25, 0.3) is 0 Å². The number of aryl methyl sites for hydroxylation is 2. The van der Waals surface area contributed by atoms with Gasteiger partial charge in [-0.15, -0.1) is 0 Å². The Morgan fingerprint density at radius 2 is 2.00 bits per heavy atom. The highest BCUT2D eigenvalue weighted by Crippen LogP contribution is 2.28. The molecule has 0 saturated carbocycles. The molecule has 0 fully saturated rings. The molecule has 0 aliphatic heterocycles. The predicted molar refractivity (Wildman–Crippen MR) is 90.8 cm³/mol. The third-order valence-electron chi connectivity index (χ3n) is 3.91. The highest BCUT2D eigenvalue weighted by molar-refractivity contribution is 5.69. The average molecular weight is 295 g/mol. The van der Waals surface area contributed by atoms with Gasteiger partial charge in [-0.05, 0) is 56.7 Å². The SMILES string of the molecule is CCNc1ccc2nc(-c3ccc(OC)c(C)c3)c(C)n2c1. The molecule has 0 bridgehead atoms. The largest absolute Gasteiger partial charge is 0.496 e. The Bertz CT molecular complexity index is 821. The van der Waals surface area contributed by atoms with E-state index in [0.29, 0.717) is 0 Å². The fourth-order valence-electron chi connectivity index (χ4n) is 2.77. The van der Waals surface area contributed by atoms with Crippen LogP contribution in [0.3, 0.4) is 0 Å². The van der Waals surface area contributed by atoms with Gasteiger partial charge in [0, 0.05) is 24.0 Å². The van der Waals surface area contributed by atoms with Crippen molar-refractivity contribution < 1.29 is 4.74 Å². The molecule has 1 N–H and O–H groups in total. The summed E-state index contributed by atoms with van der Waals surface area (Å²) in [4.78, 5) is 4.77. The van der Waals surface area contributed by atoms with Gasteiger partial charge in [-0.25, -0.2) is 4.98 Å². The van der Waals surface area contributed by atoms with Gasteiger partial charge in [0.15, 0.2) is 0 Å². The van der Waals surface area contributed by atoms with E-state index < -0.39 is 0 Å². The Labute approximate surface area is 130 Å². The highest BCUT2D eigenvalue weighted by Gasteiger charge is 2.12. The van der Waals surface area contributed by atoms with Crippen molar-refractivity contribution in [1.29, 1.82) is 0 Å². The van der Waals surface area contributed by atoms with Gasteiger partial charge >= 0.3 is 0 Å². The molecular weight excluding hydrogens is 274 g/mol. The van der Waals surface area contributed by atoms with Crippen LogP contribution in [-0.4, -0.2) is 23.0 Å². The molecule has 1 aromatic carbocycles. The maximum atomic E-state index is 5.33. The molecule has 2 aromatic heterocycles. The van der Waals surface area contributed by atoms with Crippen molar-refractivity contribution in [2.24, 2.45) is 0 Å². The number of nitrogens with one attached hydrogen (secondary N) is 1. The number of hydrogen-bond donors (Lipinski definition) is 1. The van der Waals surface area contributed by atoms with Gasteiger partial charge in [0.2, 0.25) is 0 Å². The minimum absolute atomic E-state index is 0.902. The molecule has 0 radical (unpaired) electrons. The molecule has 2 heterocycles. The molecule has 0 aliphatic rings. The van der Waals surface area contributed by atoms with Crippen LogP contribution in [0.1, 0.15) is 18.2 Å². The molecule has 0 atom stereocenters. The fraction of sp³-hybridized carbons (Fsp3) is 0.278. The first-order valence-electron chi connectivity index (χ1n) is 7.51. The second-order valence-electron chi connectivity index (χ2n) is 5.41. The smallest absolute Gasteiger partial charge is 0.137 e. The average Bonchev–Trinajstić information content (AvgIpc) is 2.84. The highest BCUT2D eigenvalue weighted by atomic mass is 16.5. The quantitative estimate of drug-likeness (QED) is 0.789. The number of imidazole rings is 1. The monoisotopic (exact) mass is 295 g/mol. The molecule has 0 unspecified atom stereocenters. The zero-order valence-corrected chi connectivity index (χ0v) is 13.5. The first-order valence-corrected chi connectivity index (χ1v) is 7.51. The van der Waals surface area contributed by atoms with E-state index in [1.54, 1.807) is 7.11 Å². The minimum atomic E-state index is 0.902. The first-order chi connectivity index (χ1) is 10.6. The van der Waals surface area contributed by atoms with Crippen molar-refractivity contribution in [3.63, 3.8) is 0 Å². The standard InChI is InChI=1S/C18H21N3O/c1-5-19-15-7-9-17-20-18(13(3)21(17)11-15)14-6-8-16(22-4)12(2)10-14/h6-11,19H,5H2,1-4H3. The van der Waals surface area contributed by atoms with Crippen LogP contribution >= 0.6 is 0 Å². The minimum Gasteiger partial charge on any atom is -0.496 e. The van der Waals surface area contributed by atoms with Crippen LogP contribution in [0.4, 0.5) is 5.69 Å². The van der Waals surface area contributed by atoms with Crippen molar-refractivity contribution in [2.75, 3.05) is 19.0 Å². The summed E-state index contributed by atoms with van der Waals surface area (Å²) in [6.07, 6.45) is 2.10. The van der Waals surface area contributed by atoms with E-state index in [2.05, 4.69) is 54.9 Å². The lowest BCUT2D eigenvalue weighted by molar-refractivity contribution is 0.412. The summed E-state index contributed by atoms with van der Waals surface area (Å²) in [7, 11) is 1.69. The van der Waals surface area contributed by atoms with Gasteiger partial charge < -0.3 is 14.5 Å². The number of ether oxygens (including phenoxy) is 1. The second kappa shape index (κ2) is 5.72. The Hall–Kier alpha value is -2.49. The Morgan fingerprint density at radius 1 is 1.18 bits per heavy atom. The van der Waals surface area contributed by atoms with E-state index in [9.17, 15) is 0 Å². The van der Waals surface area contributed by atoms with Crippen LogP contribution in [0, 0.1) is 13.8 Å². The summed E-state index contributed by atoms with van der Waals surface area (Å²) < 4.78 is 7.47. The van der Waals surface area contributed by atoms with E-state index in [-0.39, 0.29) is 0 Å². The number of pyridine rings is 1. The summed E-state index contributed by atoms with van der Waals surface area (Å²) in [6.45, 7) is 7.15. The van der Waals surface area contributed by atoms with E-state index in [1.807, 2.05) is 12.1 Å². The van der Waals surface area contributed by atoms with Crippen LogP contribution in [0.25, 0.3) is 16.9 Å². The number of fused-ring (bicyclic) bond motifs is 1. The summed E-state index contributed by atoms with van der Waals surface area (Å²) in [5, 5.41) is 3.33. The maximum absolute atomic E-state index is 5.33.